The molecule has 0 unspecified atom stereocenters. The molecule has 0 saturated heterocycles. The van der Waals surface area contributed by atoms with Gasteiger partial charge in [0.05, 0.1) is 29.9 Å². The second-order valence-electron chi connectivity index (χ2n) is 4.58. The first kappa shape index (κ1) is 13.9. The first-order chi connectivity index (χ1) is 9.47. The molecule has 0 bridgehead atoms. The summed E-state index contributed by atoms with van der Waals surface area (Å²) in [6, 6.07) is 1.25. The number of aryl methyl sites for hydroxylation is 1. The molecule has 2 rings (SSSR count). The van der Waals surface area contributed by atoms with E-state index in [0.29, 0.717) is 6.54 Å². The highest BCUT2D eigenvalue weighted by Crippen LogP contribution is 2.13. The number of likely N-dealkylation sites (N-methyl/N-ethyl adjacent to an activating group) is 1. The Morgan fingerprint density at radius 3 is 2.90 bits per heavy atom. The van der Waals surface area contributed by atoms with Crippen LogP contribution in [0.25, 0.3) is 0 Å². The lowest BCUT2D eigenvalue weighted by Crippen LogP contribution is -2.27. The fourth-order valence-electron chi connectivity index (χ4n) is 1.83. The van der Waals surface area contributed by atoms with Gasteiger partial charge < -0.3 is 9.55 Å². The Hall–Kier alpha value is -2.48. The average molecular weight is 277 g/mol. The van der Waals surface area contributed by atoms with Crippen molar-refractivity contribution in [3.8, 4) is 0 Å². The smallest absolute Gasteiger partial charge is 0.287 e. The van der Waals surface area contributed by atoms with Crippen LogP contribution in [0.4, 0.5) is 5.69 Å². The quantitative estimate of drug-likeness (QED) is 0.482. The molecule has 20 heavy (non-hydrogen) atoms. The molecule has 8 nitrogen and oxygen atoms in total. The normalized spacial score (nSPS) is 10.9. The molecule has 2 aromatic heterocycles. The summed E-state index contributed by atoms with van der Waals surface area (Å²) < 4.78 is 1.88. The van der Waals surface area contributed by atoms with E-state index in [2.05, 4.69) is 9.97 Å². The zero-order valence-corrected chi connectivity index (χ0v) is 11.2. The third-order valence-electron chi connectivity index (χ3n) is 2.92. The van der Waals surface area contributed by atoms with Crippen molar-refractivity contribution in [2.45, 2.75) is 6.54 Å². The van der Waals surface area contributed by atoms with Crippen LogP contribution < -0.4 is 0 Å². The number of carbonyl (C=O) groups is 1. The van der Waals surface area contributed by atoms with Crippen molar-refractivity contribution in [3.63, 3.8) is 0 Å². The third-order valence-corrected chi connectivity index (χ3v) is 2.92. The van der Waals surface area contributed by atoms with Crippen LogP contribution in [0.15, 0.2) is 24.7 Å². The van der Waals surface area contributed by atoms with E-state index in [9.17, 15) is 14.9 Å². The number of nitro groups is 1. The van der Waals surface area contributed by atoms with Crippen molar-refractivity contribution in [1.82, 2.24) is 19.4 Å². The molecule has 1 N–H and O–H groups in total. The predicted octanol–water partition coefficient (Wildman–Crippen LogP) is 0.971. The maximum atomic E-state index is 12.0. The minimum Gasteiger partial charge on any atom is -0.353 e. The van der Waals surface area contributed by atoms with Crippen LogP contribution in [0.5, 0.6) is 0 Å². The SMILES string of the molecule is CN(CC(=O)c1cc([N+](=O)[O-])c[nH]1)Cc1nccn1C. The fourth-order valence-corrected chi connectivity index (χ4v) is 1.83. The number of aromatic amines is 1. The van der Waals surface area contributed by atoms with Gasteiger partial charge in [0.1, 0.15) is 5.82 Å². The monoisotopic (exact) mass is 277 g/mol. The van der Waals surface area contributed by atoms with E-state index in [1.165, 1.54) is 12.3 Å². The Morgan fingerprint density at radius 2 is 2.35 bits per heavy atom. The summed E-state index contributed by atoms with van der Waals surface area (Å²) in [6.45, 7) is 0.683. The fraction of sp³-hybridized carbons (Fsp3) is 0.333. The summed E-state index contributed by atoms with van der Waals surface area (Å²) in [5.41, 5.74) is 0.128. The molecule has 0 spiro atoms. The molecule has 0 saturated carbocycles. The molecule has 0 amide bonds. The average Bonchev–Trinajstić information content (AvgIpc) is 2.99. The Bertz CT molecular complexity index is 631. The van der Waals surface area contributed by atoms with Gasteiger partial charge in [-0.2, -0.15) is 0 Å². The van der Waals surface area contributed by atoms with Crippen LogP contribution in [0.1, 0.15) is 16.3 Å². The van der Waals surface area contributed by atoms with Gasteiger partial charge in [0.2, 0.25) is 0 Å². The van der Waals surface area contributed by atoms with Crippen molar-refractivity contribution in [1.29, 1.82) is 0 Å². The molecule has 0 aliphatic heterocycles. The van der Waals surface area contributed by atoms with Gasteiger partial charge in [-0.25, -0.2) is 4.98 Å². The van der Waals surface area contributed by atoms with E-state index in [0.717, 1.165) is 5.82 Å². The molecule has 0 radical (unpaired) electrons. The van der Waals surface area contributed by atoms with Crippen molar-refractivity contribution < 1.29 is 9.72 Å². The second kappa shape index (κ2) is 5.66. The van der Waals surface area contributed by atoms with E-state index in [1.807, 2.05) is 17.8 Å². The van der Waals surface area contributed by atoms with Crippen molar-refractivity contribution in [3.05, 3.63) is 46.3 Å². The lowest BCUT2D eigenvalue weighted by molar-refractivity contribution is -0.384. The number of hydrogen-bond donors (Lipinski definition) is 1. The Balaban J connectivity index is 1.96. The van der Waals surface area contributed by atoms with E-state index < -0.39 is 4.92 Å². The molecule has 2 aromatic rings. The van der Waals surface area contributed by atoms with Gasteiger partial charge in [-0.1, -0.05) is 0 Å². The van der Waals surface area contributed by atoms with Crippen LogP contribution in [0, 0.1) is 10.1 Å². The first-order valence-electron chi connectivity index (χ1n) is 5.98. The number of imidazole rings is 1. The molecule has 106 valence electrons. The third kappa shape index (κ3) is 3.09. The van der Waals surface area contributed by atoms with Gasteiger partial charge in [0.25, 0.3) is 5.69 Å². The van der Waals surface area contributed by atoms with Gasteiger partial charge in [0.15, 0.2) is 5.78 Å². The molecule has 8 heteroatoms. The lowest BCUT2D eigenvalue weighted by Gasteiger charge is -2.14. The number of carbonyl (C=O) groups excluding carboxylic acids is 1. The van der Waals surface area contributed by atoms with E-state index in [1.54, 1.807) is 18.1 Å². The van der Waals surface area contributed by atoms with Crippen LogP contribution in [0.3, 0.4) is 0 Å². The number of aromatic nitrogens is 3. The zero-order valence-electron chi connectivity index (χ0n) is 11.2. The summed E-state index contributed by atoms with van der Waals surface area (Å²) in [5.74, 6) is 0.646. The number of nitrogens with one attached hydrogen (secondary N) is 1. The summed E-state index contributed by atoms with van der Waals surface area (Å²) in [4.78, 5) is 30.6. The predicted molar refractivity (Wildman–Crippen MR) is 71.3 cm³/mol. The van der Waals surface area contributed by atoms with Gasteiger partial charge in [-0.05, 0) is 7.05 Å². The first-order valence-corrected chi connectivity index (χ1v) is 5.98. The Morgan fingerprint density at radius 1 is 1.60 bits per heavy atom. The summed E-state index contributed by atoms with van der Waals surface area (Å²) in [6.07, 6.45) is 4.74. The van der Waals surface area contributed by atoms with Gasteiger partial charge >= 0.3 is 0 Å². The second-order valence-corrected chi connectivity index (χ2v) is 4.58. The highest BCUT2D eigenvalue weighted by molar-refractivity contribution is 5.96. The number of H-pyrrole nitrogens is 1. The standard InChI is InChI=1S/C12H15N5O3/c1-15(8-12-13-3-4-16(12)2)7-11(18)10-5-9(6-14-10)17(19)20/h3-6,14H,7-8H2,1-2H3. The number of nitrogens with zero attached hydrogens (tertiary/aromatic N) is 4. The summed E-state index contributed by atoms with van der Waals surface area (Å²) in [7, 11) is 3.68. The summed E-state index contributed by atoms with van der Waals surface area (Å²) in [5, 5.41) is 10.6. The van der Waals surface area contributed by atoms with E-state index in [4.69, 9.17) is 0 Å². The van der Waals surface area contributed by atoms with E-state index >= 15 is 0 Å². The number of hydrogen-bond acceptors (Lipinski definition) is 5. The van der Waals surface area contributed by atoms with Gasteiger partial charge in [-0.3, -0.25) is 19.8 Å². The van der Waals surface area contributed by atoms with Gasteiger partial charge in [-0.15, -0.1) is 0 Å². The van der Waals surface area contributed by atoms with E-state index in [-0.39, 0.29) is 23.7 Å². The molecular formula is C12H15N5O3. The molecule has 0 aliphatic carbocycles. The number of rotatable bonds is 6. The van der Waals surface area contributed by atoms with Crippen LogP contribution >= 0.6 is 0 Å². The topological polar surface area (TPSA) is 97.1 Å². The van der Waals surface area contributed by atoms with Crippen molar-refractivity contribution in [2.75, 3.05) is 13.6 Å². The Kier molecular flexibility index (Phi) is 3.94. The van der Waals surface area contributed by atoms with Crippen molar-refractivity contribution >= 4 is 11.5 Å². The minimum absolute atomic E-state index is 0.111. The zero-order chi connectivity index (χ0) is 14.7. The lowest BCUT2D eigenvalue weighted by atomic mass is 10.2. The molecule has 0 fully saturated rings. The maximum absolute atomic E-state index is 12.0. The van der Waals surface area contributed by atoms with Crippen LogP contribution in [-0.2, 0) is 13.6 Å². The number of Topliss-reactive ketones (excluding diaryl/α,β-unsaturated/α-hetero) is 1. The Labute approximate surface area is 115 Å². The molecular weight excluding hydrogens is 262 g/mol. The molecule has 0 aliphatic rings. The van der Waals surface area contributed by atoms with Crippen molar-refractivity contribution in [2.24, 2.45) is 7.05 Å². The van der Waals surface area contributed by atoms with Gasteiger partial charge in [0, 0.05) is 25.5 Å². The molecule has 0 atom stereocenters. The summed E-state index contributed by atoms with van der Waals surface area (Å²) >= 11 is 0. The number of ketones is 1. The van der Waals surface area contributed by atoms with Crippen LogP contribution in [0.2, 0.25) is 0 Å². The highest BCUT2D eigenvalue weighted by atomic mass is 16.6. The molecule has 2 heterocycles. The minimum atomic E-state index is -0.537. The maximum Gasteiger partial charge on any atom is 0.287 e. The highest BCUT2D eigenvalue weighted by Gasteiger charge is 2.16. The van der Waals surface area contributed by atoms with Crippen LogP contribution in [-0.4, -0.2) is 43.7 Å². The largest absolute Gasteiger partial charge is 0.353 e. The molecule has 0 aromatic carbocycles.